The quantitative estimate of drug-likeness (QED) is 0.765. The summed E-state index contributed by atoms with van der Waals surface area (Å²) in [6.07, 6.45) is 0. The number of rotatable bonds is 6. The third-order valence-corrected chi connectivity index (χ3v) is 3.45. The molecule has 2 unspecified atom stereocenters. The van der Waals surface area contributed by atoms with Crippen molar-refractivity contribution in [2.24, 2.45) is 0 Å². The second-order valence-corrected chi connectivity index (χ2v) is 4.88. The van der Waals surface area contributed by atoms with Crippen molar-refractivity contribution in [3.05, 3.63) is 34.9 Å². The van der Waals surface area contributed by atoms with Crippen LogP contribution < -0.4 is 5.32 Å². The third-order valence-electron chi connectivity index (χ3n) is 3.45. The maximum absolute atomic E-state index is 5.06. The highest BCUT2D eigenvalue weighted by Crippen LogP contribution is 2.23. The first kappa shape index (κ1) is 14.2. The molecule has 0 aliphatic rings. The van der Waals surface area contributed by atoms with E-state index >= 15 is 0 Å². The van der Waals surface area contributed by atoms with Gasteiger partial charge in [-0.15, -0.1) is 0 Å². The number of ether oxygens (including phenoxy) is 1. The summed E-state index contributed by atoms with van der Waals surface area (Å²) in [5.74, 6) is 0.520. The molecule has 0 fully saturated rings. The molecule has 0 saturated carbocycles. The van der Waals surface area contributed by atoms with Gasteiger partial charge in [0.25, 0.3) is 0 Å². The molecule has 17 heavy (non-hydrogen) atoms. The van der Waals surface area contributed by atoms with Gasteiger partial charge in [-0.05, 0) is 37.8 Å². The molecule has 0 bridgehead atoms. The first-order valence-corrected chi connectivity index (χ1v) is 6.35. The van der Waals surface area contributed by atoms with Crippen LogP contribution in [0, 0.1) is 13.8 Å². The molecule has 1 rings (SSSR count). The molecule has 0 aliphatic heterocycles. The Kier molecular flexibility index (Phi) is 5.66. The highest BCUT2D eigenvalue weighted by Gasteiger charge is 2.15. The summed E-state index contributed by atoms with van der Waals surface area (Å²) in [5, 5.41) is 3.50. The lowest BCUT2D eigenvalue weighted by Crippen LogP contribution is -2.33. The van der Waals surface area contributed by atoms with Crippen molar-refractivity contribution >= 4 is 0 Å². The average Bonchev–Trinajstić information content (AvgIpc) is 2.31. The van der Waals surface area contributed by atoms with E-state index in [2.05, 4.69) is 51.2 Å². The van der Waals surface area contributed by atoms with Gasteiger partial charge < -0.3 is 10.1 Å². The van der Waals surface area contributed by atoms with Crippen molar-refractivity contribution in [1.29, 1.82) is 0 Å². The predicted octanol–water partition coefficient (Wildman–Crippen LogP) is 3.03. The van der Waals surface area contributed by atoms with Crippen LogP contribution in [0.25, 0.3) is 0 Å². The highest BCUT2D eigenvalue weighted by molar-refractivity contribution is 5.33. The maximum atomic E-state index is 5.06. The first-order valence-electron chi connectivity index (χ1n) is 6.35. The summed E-state index contributed by atoms with van der Waals surface area (Å²) >= 11 is 0. The van der Waals surface area contributed by atoms with Gasteiger partial charge in [-0.2, -0.15) is 0 Å². The van der Waals surface area contributed by atoms with Crippen LogP contribution in [-0.4, -0.2) is 26.3 Å². The second-order valence-electron chi connectivity index (χ2n) is 4.88. The first-order chi connectivity index (χ1) is 8.06. The van der Waals surface area contributed by atoms with Gasteiger partial charge in [-0.3, -0.25) is 0 Å². The van der Waals surface area contributed by atoms with E-state index < -0.39 is 0 Å². The van der Waals surface area contributed by atoms with E-state index in [0.717, 1.165) is 13.2 Å². The Bertz CT molecular complexity index is 349. The molecule has 0 radical (unpaired) electrons. The van der Waals surface area contributed by atoms with E-state index in [1.807, 2.05) is 0 Å². The zero-order chi connectivity index (χ0) is 12.8. The molecule has 2 heteroatoms. The Labute approximate surface area is 105 Å². The SMILES string of the molecule is COCCNC(C)C(C)c1cc(C)ccc1C. The van der Waals surface area contributed by atoms with E-state index in [1.54, 1.807) is 7.11 Å². The van der Waals surface area contributed by atoms with Gasteiger partial charge in [0, 0.05) is 19.7 Å². The molecule has 1 N–H and O–H groups in total. The zero-order valence-corrected chi connectivity index (χ0v) is 11.7. The van der Waals surface area contributed by atoms with Crippen LogP contribution in [0.3, 0.4) is 0 Å². The normalized spacial score (nSPS) is 14.6. The molecule has 96 valence electrons. The molecule has 0 spiro atoms. The van der Waals surface area contributed by atoms with Crippen LogP contribution in [0.4, 0.5) is 0 Å². The van der Waals surface area contributed by atoms with Crippen LogP contribution in [0.1, 0.15) is 36.5 Å². The largest absolute Gasteiger partial charge is 0.383 e. The number of nitrogens with one attached hydrogen (secondary N) is 1. The fourth-order valence-electron chi connectivity index (χ4n) is 2.09. The molecular formula is C15H25NO. The molecule has 0 aliphatic carbocycles. The van der Waals surface area contributed by atoms with Gasteiger partial charge >= 0.3 is 0 Å². The zero-order valence-electron chi connectivity index (χ0n) is 11.7. The van der Waals surface area contributed by atoms with Crippen molar-refractivity contribution in [2.45, 2.75) is 39.7 Å². The predicted molar refractivity (Wildman–Crippen MR) is 73.7 cm³/mol. The van der Waals surface area contributed by atoms with Crippen LogP contribution in [0.5, 0.6) is 0 Å². The molecule has 0 amide bonds. The summed E-state index contributed by atoms with van der Waals surface area (Å²) in [5.41, 5.74) is 4.16. The van der Waals surface area contributed by atoms with Crippen molar-refractivity contribution in [2.75, 3.05) is 20.3 Å². The lowest BCUT2D eigenvalue weighted by Gasteiger charge is -2.23. The molecule has 0 aromatic heterocycles. The summed E-state index contributed by atoms with van der Waals surface area (Å²) in [7, 11) is 1.74. The molecular weight excluding hydrogens is 210 g/mol. The van der Waals surface area contributed by atoms with Gasteiger partial charge in [-0.1, -0.05) is 30.7 Å². The summed E-state index contributed by atoms with van der Waals surface area (Å²) < 4.78 is 5.06. The Morgan fingerprint density at radius 1 is 1.24 bits per heavy atom. The Morgan fingerprint density at radius 3 is 2.59 bits per heavy atom. The van der Waals surface area contributed by atoms with Crippen LogP contribution in [0.15, 0.2) is 18.2 Å². The second kappa shape index (κ2) is 6.77. The molecule has 1 aromatic rings. The van der Waals surface area contributed by atoms with Crippen LogP contribution in [-0.2, 0) is 4.74 Å². The molecule has 0 saturated heterocycles. The van der Waals surface area contributed by atoms with Gasteiger partial charge in [0.05, 0.1) is 6.61 Å². The molecule has 2 atom stereocenters. The Morgan fingerprint density at radius 2 is 1.94 bits per heavy atom. The van der Waals surface area contributed by atoms with Gasteiger partial charge in [-0.25, -0.2) is 0 Å². The molecule has 1 aromatic carbocycles. The average molecular weight is 235 g/mol. The Balaban J connectivity index is 2.67. The van der Waals surface area contributed by atoms with Gasteiger partial charge in [0.15, 0.2) is 0 Å². The van der Waals surface area contributed by atoms with Crippen molar-refractivity contribution in [1.82, 2.24) is 5.32 Å². The van der Waals surface area contributed by atoms with Crippen LogP contribution >= 0.6 is 0 Å². The number of hydrogen-bond acceptors (Lipinski definition) is 2. The van der Waals surface area contributed by atoms with E-state index in [4.69, 9.17) is 4.74 Å². The highest BCUT2D eigenvalue weighted by atomic mass is 16.5. The summed E-state index contributed by atoms with van der Waals surface area (Å²) in [4.78, 5) is 0. The smallest absolute Gasteiger partial charge is 0.0587 e. The van der Waals surface area contributed by atoms with Crippen molar-refractivity contribution in [3.63, 3.8) is 0 Å². The third kappa shape index (κ3) is 4.14. The molecule has 0 heterocycles. The number of hydrogen-bond donors (Lipinski definition) is 1. The minimum atomic E-state index is 0.464. The lowest BCUT2D eigenvalue weighted by molar-refractivity contribution is 0.195. The fraction of sp³-hybridized carbons (Fsp3) is 0.600. The topological polar surface area (TPSA) is 21.3 Å². The minimum Gasteiger partial charge on any atom is -0.383 e. The van der Waals surface area contributed by atoms with E-state index in [9.17, 15) is 0 Å². The summed E-state index contributed by atoms with van der Waals surface area (Å²) in [6, 6.07) is 7.15. The van der Waals surface area contributed by atoms with Gasteiger partial charge in [0.1, 0.15) is 0 Å². The van der Waals surface area contributed by atoms with E-state index in [-0.39, 0.29) is 0 Å². The summed E-state index contributed by atoms with van der Waals surface area (Å²) in [6.45, 7) is 10.5. The van der Waals surface area contributed by atoms with E-state index in [0.29, 0.717) is 12.0 Å². The van der Waals surface area contributed by atoms with Crippen molar-refractivity contribution < 1.29 is 4.74 Å². The van der Waals surface area contributed by atoms with Crippen molar-refractivity contribution in [3.8, 4) is 0 Å². The minimum absolute atomic E-state index is 0.464. The standard InChI is InChI=1S/C15H25NO/c1-11-6-7-12(2)15(10-11)13(3)14(4)16-8-9-17-5/h6-7,10,13-14,16H,8-9H2,1-5H3. The van der Waals surface area contributed by atoms with E-state index in [1.165, 1.54) is 16.7 Å². The van der Waals surface area contributed by atoms with Crippen LogP contribution in [0.2, 0.25) is 0 Å². The van der Waals surface area contributed by atoms with Gasteiger partial charge in [0.2, 0.25) is 0 Å². The number of methoxy groups -OCH3 is 1. The fourth-order valence-corrected chi connectivity index (χ4v) is 2.09. The maximum Gasteiger partial charge on any atom is 0.0587 e. The number of aryl methyl sites for hydroxylation is 2. The number of benzene rings is 1. The lowest BCUT2D eigenvalue weighted by atomic mass is 9.90. The molecule has 2 nitrogen and oxygen atoms in total. The monoisotopic (exact) mass is 235 g/mol. The Hall–Kier alpha value is -0.860.